The third-order valence-corrected chi connectivity index (χ3v) is 3.98. The van der Waals surface area contributed by atoms with Crippen molar-refractivity contribution in [3.05, 3.63) is 70.8 Å². The molecule has 0 aliphatic carbocycles. The zero-order chi connectivity index (χ0) is 15.9. The Hall–Kier alpha value is -1.64. The predicted octanol–water partition coefficient (Wildman–Crippen LogP) is 5.01. The standard InChI is InChI=1S/C18H16Cl2O2/c19-17(21)15-9-5-13(6-10-15)3-1-2-4-14-7-11-16(12-8-14)18(20)22/h5-12H,1-4H2. The molecule has 0 atom stereocenters. The molecule has 0 unspecified atom stereocenters. The molecule has 0 aliphatic rings. The van der Waals surface area contributed by atoms with Crippen LogP contribution in [0.4, 0.5) is 0 Å². The summed E-state index contributed by atoms with van der Waals surface area (Å²) in [5, 5.41) is -0.851. The first-order valence-electron chi connectivity index (χ1n) is 7.14. The second kappa shape index (κ2) is 8.11. The van der Waals surface area contributed by atoms with Gasteiger partial charge in [-0.3, -0.25) is 9.59 Å². The number of carbonyl (C=O) groups is 2. The molecule has 0 bridgehead atoms. The first-order valence-corrected chi connectivity index (χ1v) is 7.89. The molecule has 2 nitrogen and oxygen atoms in total. The Morgan fingerprint density at radius 2 is 0.955 bits per heavy atom. The van der Waals surface area contributed by atoms with E-state index in [2.05, 4.69) is 0 Å². The minimum Gasteiger partial charge on any atom is -0.276 e. The number of unbranched alkanes of at least 4 members (excludes halogenated alkanes) is 1. The van der Waals surface area contributed by atoms with Gasteiger partial charge in [-0.25, -0.2) is 0 Å². The van der Waals surface area contributed by atoms with Gasteiger partial charge in [-0.15, -0.1) is 0 Å². The maximum Gasteiger partial charge on any atom is 0.252 e. The van der Waals surface area contributed by atoms with Crippen molar-refractivity contribution in [3.63, 3.8) is 0 Å². The SMILES string of the molecule is O=C(Cl)c1ccc(CCCCc2ccc(C(=O)Cl)cc2)cc1. The minimum atomic E-state index is -0.426. The van der Waals surface area contributed by atoms with Crippen molar-refractivity contribution in [2.45, 2.75) is 25.7 Å². The second-order valence-electron chi connectivity index (χ2n) is 5.15. The fourth-order valence-electron chi connectivity index (χ4n) is 2.26. The number of halogens is 2. The largest absolute Gasteiger partial charge is 0.276 e. The van der Waals surface area contributed by atoms with Gasteiger partial charge in [0.15, 0.2) is 0 Å². The minimum absolute atomic E-state index is 0.426. The van der Waals surface area contributed by atoms with Crippen LogP contribution in [0.3, 0.4) is 0 Å². The van der Waals surface area contributed by atoms with Crippen molar-refractivity contribution in [1.29, 1.82) is 0 Å². The van der Waals surface area contributed by atoms with E-state index >= 15 is 0 Å². The molecule has 2 rings (SSSR count). The zero-order valence-electron chi connectivity index (χ0n) is 12.0. The Balaban J connectivity index is 1.77. The fourth-order valence-corrected chi connectivity index (χ4v) is 2.52. The molecule has 0 N–H and O–H groups in total. The number of hydrogen-bond donors (Lipinski definition) is 0. The molecule has 0 aromatic heterocycles. The molecule has 0 radical (unpaired) electrons. The van der Waals surface area contributed by atoms with Crippen LogP contribution in [0.2, 0.25) is 0 Å². The van der Waals surface area contributed by atoms with Gasteiger partial charge >= 0.3 is 0 Å². The highest BCUT2D eigenvalue weighted by Gasteiger charge is 2.02. The predicted molar refractivity (Wildman–Crippen MR) is 89.9 cm³/mol. The van der Waals surface area contributed by atoms with Gasteiger partial charge in [0.25, 0.3) is 10.5 Å². The van der Waals surface area contributed by atoms with Crippen molar-refractivity contribution < 1.29 is 9.59 Å². The van der Waals surface area contributed by atoms with Crippen LogP contribution in [0.5, 0.6) is 0 Å². The molecule has 2 aromatic carbocycles. The van der Waals surface area contributed by atoms with Crippen LogP contribution >= 0.6 is 23.2 Å². The van der Waals surface area contributed by atoms with E-state index in [-0.39, 0.29) is 0 Å². The summed E-state index contributed by atoms with van der Waals surface area (Å²) < 4.78 is 0. The first kappa shape index (κ1) is 16.7. The lowest BCUT2D eigenvalue weighted by Crippen LogP contribution is -1.93. The fraction of sp³-hybridized carbons (Fsp3) is 0.222. The number of carbonyl (C=O) groups excluding carboxylic acids is 2. The molecule has 0 heterocycles. The summed E-state index contributed by atoms with van der Waals surface area (Å²) >= 11 is 10.8. The molecule has 0 aliphatic heterocycles. The van der Waals surface area contributed by atoms with Gasteiger partial charge in [0, 0.05) is 11.1 Å². The van der Waals surface area contributed by atoms with Gasteiger partial charge in [0.1, 0.15) is 0 Å². The normalized spacial score (nSPS) is 10.5. The Labute approximate surface area is 140 Å². The molecule has 2 aromatic rings. The molecule has 114 valence electrons. The van der Waals surface area contributed by atoms with Crippen LogP contribution in [0.15, 0.2) is 48.5 Å². The lowest BCUT2D eigenvalue weighted by Gasteiger charge is -2.04. The highest BCUT2D eigenvalue weighted by molar-refractivity contribution is 6.68. The number of aryl methyl sites for hydroxylation is 2. The van der Waals surface area contributed by atoms with E-state index in [1.165, 1.54) is 11.1 Å². The highest BCUT2D eigenvalue weighted by Crippen LogP contribution is 2.13. The average molecular weight is 335 g/mol. The van der Waals surface area contributed by atoms with Crippen molar-refractivity contribution in [2.75, 3.05) is 0 Å². The molecule has 0 saturated carbocycles. The van der Waals surface area contributed by atoms with E-state index in [0.29, 0.717) is 11.1 Å². The van der Waals surface area contributed by atoms with Crippen molar-refractivity contribution in [1.82, 2.24) is 0 Å². The summed E-state index contributed by atoms with van der Waals surface area (Å²) in [7, 11) is 0. The Morgan fingerprint density at radius 3 is 1.23 bits per heavy atom. The molecule has 0 fully saturated rings. The molecule has 22 heavy (non-hydrogen) atoms. The molecule has 0 amide bonds. The van der Waals surface area contributed by atoms with Crippen molar-refractivity contribution in [3.8, 4) is 0 Å². The maximum absolute atomic E-state index is 11.0. The third kappa shape index (κ3) is 4.97. The van der Waals surface area contributed by atoms with E-state index in [4.69, 9.17) is 23.2 Å². The van der Waals surface area contributed by atoms with Crippen LogP contribution in [0.25, 0.3) is 0 Å². The number of benzene rings is 2. The van der Waals surface area contributed by atoms with Crippen molar-refractivity contribution >= 4 is 33.7 Å². The van der Waals surface area contributed by atoms with Crippen LogP contribution in [-0.4, -0.2) is 10.5 Å². The first-order chi connectivity index (χ1) is 10.6. The van der Waals surface area contributed by atoms with E-state index in [1.807, 2.05) is 24.3 Å². The summed E-state index contributed by atoms with van der Waals surface area (Å²) in [4.78, 5) is 22.0. The molecule has 0 saturated heterocycles. The summed E-state index contributed by atoms with van der Waals surface area (Å²) in [6, 6.07) is 14.8. The molecule has 0 spiro atoms. The van der Waals surface area contributed by atoms with E-state index in [1.54, 1.807) is 24.3 Å². The summed E-state index contributed by atoms with van der Waals surface area (Å²) in [5.41, 5.74) is 3.45. The van der Waals surface area contributed by atoms with Crippen LogP contribution in [0.1, 0.15) is 44.7 Å². The van der Waals surface area contributed by atoms with Gasteiger partial charge in [-0.05, 0) is 84.3 Å². The van der Waals surface area contributed by atoms with Crippen LogP contribution in [0, 0.1) is 0 Å². The summed E-state index contributed by atoms with van der Waals surface area (Å²) in [5.74, 6) is 0. The second-order valence-corrected chi connectivity index (χ2v) is 5.83. The quantitative estimate of drug-likeness (QED) is 0.526. The zero-order valence-corrected chi connectivity index (χ0v) is 13.5. The van der Waals surface area contributed by atoms with Gasteiger partial charge in [0.2, 0.25) is 0 Å². The summed E-state index contributed by atoms with van der Waals surface area (Å²) in [6.45, 7) is 0. The van der Waals surface area contributed by atoms with Crippen molar-refractivity contribution in [2.24, 2.45) is 0 Å². The Morgan fingerprint density at radius 1 is 0.636 bits per heavy atom. The summed E-state index contributed by atoms with van der Waals surface area (Å²) in [6.07, 6.45) is 4.05. The number of hydrogen-bond acceptors (Lipinski definition) is 2. The van der Waals surface area contributed by atoms with Gasteiger partial charge in [-0.1, -0.05) is 24.3 Å². The van der Waals surface area contributed by atoms with Gasteiger partial charge in [-0.2, -0.15) is 0 Å². The monoisotopic (exact) mass is 334 g/mol. The van der Waals surface area contributed by atoms with Gasteiger partial charge < -0.3 is 0 Å². The Bertz CT molecular complexity index is 586. The third-order valence-electron chi connectivity index (χ3n) is 3.54. The maximum atomic E-state index is 11.0. The van der Waals surface area contributed by atoms with Gasteiger partial charge in [0.05, 0.1) is 0 Å². The van der Waals surface area contributed by atoms with Crippen LogP contribution < -0.4 is 0 Å². The number of rotatable bonds is 7. The molecule has 4 heteroatoms. The molecular formula is C18H16Cl2O2. The lowest BCUT2D eigenvalue weighted by atomic mass is 10.0. The smallest absolute Gasteiger partial charge is 0.252 e. The van der Waals surface area contributed by atoms with Crippen LogP contribution in [-0.2, 0) is 12.8 Å². The Kier molecular flexibility index (Phi) is 6.17. The van der Waals surface area contributed by atoms with E-state index < -0.39 is 10.5 Å². The topological polar surface area (TPSA) is 34.1 Å². The average Bonchev–Trinajstić information content (AvgIpc) is 2.52. The molecular weight excluding hydrogens is 319 g/mol. The van der Waals surface area contributed by atoms with E-state index in [0.717, 1.165) is 25.7 Å². The van der Waals surface area contributed by atoms with E-state index in [9.17, 15) is 9.59 Å². The lowest BCUT2D eigenvalue weighted by molar-refractivity contribution is 0.107. The highest BCUT2D eigenvalue weighted by atomic mass is 35.5.